The van der Waals surface area contributed by atoms with E-state index >= 15 is 0 Å². The van der Waals surface area contributed by atoms with Crippen molar-refractivity contribution < 1.29 is 9.53 Å². The lowest BCUT2D eigenvalue weighted by Crippen LogP contribution is -2.45. The zero-order valence-corrected chi connectivity index (χ0v) is 18.5. The summed E-state index contributed by atoms with van der Waals surface area (Å²) < 4.78 is 5.44. The Kier molecular flexibility index (Phi) is 8.71. The fraction of sp³-hybridized carbons (Fsp3) is 0.480. The van der Waals surface area contributed by atoms with Crippen LogP contribution in [-0.2, 0) is 17.8 Å². The van der Waals surface area contributed by atoms with Gasteiger partial charge in [-0.3, -0.25) is 4.90 Å². The number of hydrogen-bond acceptors (Lipinski definition) is 3. The highest BCUT2D eigenvalue weighted by Crippen LogP contribution is 2.18. The highest BCUT2D eigenvalue weighted by molar-refractivity contribution is 5.67. The molecule has 0 radical (unpaired) electrons. The van der Waals surface area contributed by atoms with Crippen LogP contribution in [0.4, 0.5) is 4.79 Å². The van der Waals surface area contributed by atoms with Gasteiger partial charge in [0.05, 0.1) is 0 Å². The van der Waals surface area contributed by atoms with Crippen LogP contribution in [0.15, 0.2) is 60.7 Å². The van der Waals surface area contributed by atoms with Crippen molar-refractivity contribution in [2.45, 2.75) is 65.8 Å². The molecule has 0 bridgehead atoms. The Hall–Kier alpha value is -2.33. The molecule has 1 atom stereocenters. The molecule has 1 N–H and O–H groups in total. The molecule has 1 amide bonds. The smallest absolute Gasteiger partial charge is 0.407 e. The Morgan fingerprint density at radius 1 is 0.931 bits per heavy atom. The number of rotatable bonds is 9. The van der Waals surface area contributed by atoms with Crippen molar-refractivity contribution in [3.05, 3.63) is 71.8 Å². The molecule has 0 fully saturated rings. The fourth-order valence-corrected chi connectivity index (χ4v) is 3.37. The molecule has 0 saturated heterocycles. The number of hydrogen-bond donors (Lipinski definition) is 1. The Labute approximate surface area is 176 Å². The molecule has 4 nitrogen and oxygen atoms in total. The number of nitrogens with one attached hydrogen (secondary N) is 1. The van der Waals surface area contributed by atoms with E-state index in [2.05, 4.69) is 72.6 Å². The molecular formula is C25H36N2O2. The van der Waals surface area contributed by atoms with E-state index in [1.165, 1.54) is 11.1 Å². The average molecular weight is 397 g/mol. The third-order valence-corrected chi connectivity index (χ3v) is 4.60. The highest BCUT2D eigenvalue weighted by atomic mass is 16.6. The SMILES string of the molecule is CC(C)CC(CNC(=O)OC(C)(C)C)N(Cc1ccccc1)Cc1ccccc1. The van der Waals surface area contributed by atoms with Gasteiger partial charge in [0.1, 0.15) is 5.60 Å². The molecule has 29 heavy (non-hydrogen) atoms. The maximum absolute atomic E-state index is 12.2. The highest BCUT2D eigenvalue weighted by Gasteiger charge is 2.23. The lowest BCUT2D eigenvalue weighted by atomic mass is 10.0. The van der Waals surface area contributed by atoms with Gasteiger partial charge in [0.2, 0.25) is 0 Å². The molecule has 4 heteroatoms. The van der Waals surface area contributed by atoms with Gasteiger partial charge in [-0.25, -0.2) is 4.79 Å². The topological polar surface area (TPSA) is 41.6 Å². The lowest BCUT2D eigenvalue weighted by Gasteiger charge is -2.33. The van der Waals surface area contributed by atoms with Gasteiger partial charge in [-0.05, 0) is 44.2 Å². The number of nitrogens with zero attached hydrogens (tertiary/aromatic N) is 1. The van der Waals surface area contributed by atoms with Crippen LogP contribution in [0, 0.1) is 5.92 Å². The fourth-order valence-electron chi connectivity index (χ4n) is 3.37. The summed E-state index contributed by atoms with van der Waals surface area (Å²) in [6, 6.07) is 21.2. The van der Waals surface area contributed by atoms with E-state index in [1.807, 2.05) is 32.9 Å². The minimum absolute atomic E-state index is 0.211. The first kappa shape index (κ1) is 23.0. The Morgan fingerprint density at radius 3 is 1.83 bits per heavy atom. The van der Waals surface area contributed by atoms with Gasteiger partial charge in [-0.1, -0.05) is 74.5 Å². The van der Waals surface area contributed by atoms with E-state index in [4.69, 9.17) is 4.74 Å². The van der Waals surface area contributed by atoms with Crippen LogP contribution >= 0.6 is 0 Å². The van der Waals surface area contributed by atoms with Gasteiger partial charge in [0.15, 0.2) is 0 Å². The third kappa shape index (κ3) is 9.14. The zero-order valence-electron chi connectivity index (χ0n) is 18.5. The van der Waals surface area contributed by atoms with E-state index in [0.29, 0.717) is 12.5 Å². The quantitative estimate of drug-likeness (QED) is 0.597. The number of ether oxygens (including phenoxy) is 1. The van der Waals surface area contributed by atoms with Crippen LogP contribution in [0.2, 0.25) is 0 Å². The molecule has 1 unspecified atom stereocenters. The number of benzene rings is 2. The minimum Gasteiger partial charge on any atom is -0.444 e. The molecule has 0 aliphatic rings. The van der Waals surface area contributed by atoms with Crippen molar-refractivity contribution in [1.82, 2.24) is 10.2 Å². The van der Waals surface area contributed by atoms with Gasteiger partial charge >= 0.3 is 6.09 Å². The predicted molar refractivity (Wildman–Crippen MR) is 120 cm³/mol. The molecule has 158 valence electrons. The second-order valence-corrected chi connectivity index (χ2v) is 9.04. The Bertz CT molecular complexity index is 682. The molecular weight excluding hydrogens is 360 g/mol. The summed E-state index contributed by atoms with van der Waals surface area (Å²) >= 11 is 0. The summed E-state index contributed by atoms with van der Waals surface area (Å²) in [4.78, 5) is 14.7. The monoisotopic (exact) mass is 396 g/mol. The largest absolute Gasteiger partial charge is 0.444 e. The van der Waals surface area contributed by atoms with Crippen LogP contribution in [0.5, 0.6) is 0 Å². The van der Waals surface area contributed by atoms with Crippen LogP contribution in [0.25, 0.3) is 0 Å². The minimum atomic E-state index is -0.495. The van der Waals surface area contributed by atoms with Crippen LogP contribution in [-0.4, -0.2) is 29.2 Å². The van der Waals surface area contributed by atoms with E-state index in [9.17, 15) is 4.79 Å². The van der Waals surface area contributed by atoms with Crippen molar-refractivity contribution in [2.24, 2.45) is 5.92 Å². The summed E-state index contributed by atoms with van der Waals surface area (Å²) in [6.07, 6.45) is 0.640. The number of carbonyl (C=O) groups excluding carboxylic acids is 1. The first-order chi connectivity index (χ1) is 13.7. The molecule has 0 saturated carbocycles. The zero-order chi connectivity index (χ0) is 21.3. The summed E-state index contributed by atoms with van der Waals surface area (Å²) in [5, 5.41) is 2.99. The Balaban J connectivity index is 2.16. The van der Waals surface area contributed by atoms with Crippen molar-refractivity contribution in [2.75, 3.05) is 6.54 Å². The molecule has 0 aliphatic heterocycles. The van der Waals surface area contributed by atoms with Gasteiger partial charge < -0.3 is 10.1 Å². The van der Waals surface area contributed by atoms with E-state index < -0.39 is 5.60 Å². The third-order valence-electron chi connectivity index (χ3n) is 4.60. The summed E-state index contributed by atoms with van der Waals surface area (Å²) in [5.41, 5.74) is 2.05. The van der Waals surface area contributed by atoms with Crippen LogP contribution in [0.1, 0.15) is 52.2 Å². The lowest BCUT2D eigenvalue weighted by molar-refractivity contribution is 0.0496. The molecule has 2 aromatic carbocycles. The molecule has 0 aromatic heterocycles. The predicted octanol–water partition coefficient (Wildman–Crippen LogP) is 5.63. The second kappa shape index (κ2) is 11.0. The molecule has 2 aromatic rings. The average Bonchev–Trinajstić information content (AvgIpc) is 2.65. The summed E-state index contributed by atoms with van der Waals surface area (Å²) in [7, 11) is 0. The summed E-state index contributed by atoms with van der Waals surface area (Å²) in [6.45, 7) is 12.3. The van der Waals surface area contributed by atoms with Gasteiger partial charge in [-0.15, -0.1) is 0 Å². The summed E-state index contributed by atoms with van der Waals surface area (Å²) in [5.74, 6) is 0.523. The second-order valence-electron chi connectivity index (χ2n) is 9.04. The maximum atomic E-state index is 12.2. The van der Waals surface area contributed by atoms with Gasteiger partial charge in [0.25, 0.3) is 0 Å². The number of amides is 1. The molecule has 2 rings (SSSR count). The van der Waals surface area contributed by atoms with Crippen LogP contribution in [0.3, 0.4) is 0 Å². The van der Waals surface area contributed by atoms with Crippen molar-refractivity contribution in [1.29, 1.82) is 0 Å². The van der Waals surface area contributed by atoms with Gasteiger partial charge in [-0.2, -0.15) is 0 Å². The molecule has 0 spiro atoms. The normalized spacial score (nSPS) is 12.8. The van der Waals surface area contributed by atoms with E-state index in [1.54, 1.807) is 0 Å². The maximum Gasteiger partial charge on any atom is 0.407 e. The van der Waals surface area contributed by atoms with E-state index in [0.717, 1.165) is 19.5 Å². The number of alkyl carbamates (subject to hydrolysis) is 1. The van der Waals surface area contributed by atoms with Crippen molar-refractivity contribution >= 4 is 6.09 Å². The standard InChI is InChI=1S/C25H36N2O2/c1-20(2)16-23(17-26-24(28)29-25(3,4)5)27(18-21-12-8-6-9-13-21)19-22-14-10-7-11-15-22/h6-15,20,23H,16-19H2,1-5H3,(H,26,28). The van der Waals surface area contributed by atoms with Crippen LogP contribution < -0.4 is 5.32 Å². The Morgan fingerprint density at radius 2 is 1.41 bits per heavy atom. The number of carbonyl (C=O) groups is 1. The first-order valence-electron chi connectivity index (χ1n) is 10.5. The molecule has 0 heterocycles. The molecule has 0 aliphatic carbocycles. The van der Waals surface area contributed by atoms with Crippen molar-refractivity contribution in [3.8, 4) is 0 Å². The van der Waals surface area contributed by atoms with Crippen molar-refractivity contribution in [3.63, 3.8) is 0 Å². The van der Waals surface area contributed by atoms with E-state index in [-0.39, 0.29) is 12.1 Å². The first-order valence-corrected chi connectivity index (χ1v) is 10.5. The van der Waals surface area contributed by atoms with Gasteiger partial charge in [0, 0.05) is 25.7 Å².